The van der Waals surface area contributed by atoms with Gasteiger partial charge in [0.15, 0.2) is 6.17 Å². The zero-order valence-corrected chi connectivity index (χ0v) is 16.0. The van der Waals surface area contributed by atoms with Gasteiger partial charge in [-0.05, 0) is 38.0 Å². The van der Waals surface area contributed by atoms with Crippen LogP contribution in [0.2, 0.25) is 0 Å². The van der Waals surface area contributed by atoms with Gasteiger partial charge in [-0.25, -0.2) is 4.39 Å². The van der Waals surface area contributed by atoms with Crippen LogP contribution in [-0.2, 0) is 4.84 Å². The van der Waals surface area contributed by atoms with E-state index < -0.39 is 6.17 Å². The van der Waals surface area contributed by atoms with Crippen molar-refractivity contribution in [1.82, 2.24) is 21.0 Å². The Morgan fingerprint density at radius 2 is 1.92 bits per heavy atom. The minimum absolute atomic E-state index is 0.130. The maximum Gasteiger partial charge on any atom is 0.155 e. The standard InChI is InChI=1S/C19H35FN5O/c1-25-8-6-24(7-9-25)12-17(25)21-11-15-5-4-14(10-16(15)20)18-22-19(26-23-18)13-2-3-13/h13-19,21-23H,2-12H2,1H3/q+1. The summed E-state index contributed by atoms with van der Waals surface area (Å²) in [7, 11) is 2.37. The SMILES string of the molecule is C[N+]12CCN(CC1)CC2NCC1CCC(C2NOC(C3CC3)N2)CC1F. The molecule has 6 atom stereocenters. The van der Waals surface area contributed by atoms with Crippen LogP contribution in [0.3, 0.4) is 0 Å². The predicted molar refractivity (Wildman–Crippen MR) is 97.5 cm³/mol. The van der Waals surface area contributed by atoms with E-state index in [0.29, 0.717) is 24.4 Å². The summed E-state index contributed by atoms with van der Waals surface area (Å²) in [6.45, 7) is 6.84. The Bertz CT molecular complexity index is 510. The first-order valence-electron chi connectivity index (χ1n) is 10.7. The smallest absolute Gasteiger partial charge is 0.155 e. The lowest BCUT2D eigenvalue weighted by Crippen LogP contribution is -2.74. The highest BCUT2D eigenvalue weighted by Crippen LogP contribution is 2.37. The Morgan fingerprint density at radius 3 is 2.62 bits per heavy atom. The molecule has 0 amide bonds. The molecule has 2 bridgehead atoms. The topological polar surface area (TPSA) is 48.6 Å². The quantitative estimate of drug-likeness (QED) is 0.621. The molecular weight excluding hydrogens is 333 g/mol. The fourth-order valence-corrected chi connectivity index (χ4v) is 5.47. The van der Waals surface area contributed by atoms with Gasteiger partial charge in [-0.3, -0.25) is 20.4 Å². The van der Waals surface area contributed by atoms with Gasteiger partial charge in [0.2, 0.25) is 0 Å². The van der Waals surface area contributed by atoms with Gasteiger partial charge in [-0.1, -0.05) is 0 Å². The van der Waals surface area contributed by atoms with Crippen LogP contribution < -0.4 is 16.1 Å². The average molecular weight is 369 g/mol. The Labute approximate surface area is 156 Å². The molecule has 0 aromatic carbocycles. The van der Waals surface area contributed by atoms with Gasteiger partial charge < -0.3 is 4.48 Å². The second-order valence-electron chi connectivity index (χ2n) is 9.64. The van der Waals surface area contributed by atoms with Crippen LogP contribution in [-0.4, -0.2) is 80.4 Å². The largest absolute Gasteiger partial charge is 0.308 e. The second kappa shape index (κ2) is 6.94. The zero-order chi connectivity index (χ0) is 17.7. The molecule has 6 fully saturated rings. The molecule has 6 aliphatic rings. The van der Waals surface area contributed by atoms with Gasteiger partial charge in [0.25, 0.3) is 0 Å². The maximum atomic E-state index is 14.9. The number of fused-ring (bicyclic) bond motifs is 3. The van der Waals surface area contributed by atoms with Crippen LogP contribution in [0.25, 0.3) is 0 Å². The Morgan fingerprint density at radius 1 is 1.15 bits per heavy atom. The monoisotopic (exact) mass is 368 g/mol. The molecule has 0 radical (unpaired) electrons. The van der Waals surface area contributed by atoms with Crippen molar-refractivity contribution in [2.24, 2.45) is 17.8 Å². The number of hydrogen-bond donors (Lipinski definition) is 3. The van der Waals surface area contributed by atoms with E-state index in [2.05, 4.69) is 28.1 Å². The number of nitrogens with one attached hydrogen (secondary N) is 3. The number of halogens is 1. The Balaban J connectivity index is 1.10. The maximum absolute atomic E-state index is 14.9. The van der Waals surface area contributed by atoms with Crippen LogP contribution >= 0.6 is 0 Å². The van der Waals surface area contributed by atoms with Gasteiger partial charge in [-0.15, -0.1) is 0 Å². The van der Waals surface area contributed by atoms with Crippen molar-refractivity contribution in [2.45, 2.75) is 56.8 Å². The average Bonchev–Trinajstić information content (AvgIpc) is 3.38. The summed E-state index contributed by atoms with van der Waals surface area (Å²) in [6.07, 6.45) is 5.28. The first kappa shape index (κ1) is 17.8. The van der Waals surface area contributed by atoms with Gasteiger partial charge >= 0.3 is 0 Å². The molecule has 4 saturated heterocycles. The van der Waals surface area contributed by atoms with Gasteiger partial charge in [0, 0.05) is 31.5 Å². The highest BCUT2D eigenvalue weighted by atomic mass is 19.1. The number of hydrogen-bond acceptors (Lipinski definition) is 5. The number of alkyl halides is 1. The number of quaternary nitrogens is 1. The van der Waals surface area contributed by atoms with Crippen molar-refractivity contribution >= 4 is 0 Å². The molecule has 0 aromatic rings. The summed E-state index contributed by atoms with van der Waals surface area (Å²) < 4.78 is 16.0. The third-order valence-electron chi connectivity index (χ3n) is 7.79. The summed E-state index contributed by atoms with van der Waals surface area (Å²) >= 11 is 0. The summed E-state index contributed by atoms with van der Waals surface area (Å²) in [5.74, 6) is 1.17. The van der Waals surface area contributed by atoms with Crippen molar-refractivity contribution < 1.29 is 13.7 Å². The van der Waals surface area contributed by atoms with E-state index in [1.165, 1.54) is 39.0 Å². The first-order chi connectivity index (χ1) is 12.6. The predicted octanol–water partition coefficient (Wildman–Crippen LogP) is 0.619. The minimum atomic E-state index is -0.703. The lowest BCUT2D eigenvalue weighted by atomic mass is 9.79. The minimum Gasteiger partial charge on any atom is -0.308 e. The van der Waals surface area contributed by atoms with Crippen LogP contribution in [0.15, 0.2) is 0 Å². The van der Waals surface area contributed by atoms with Gasteiger partial charge in [-0.2, -0.15) is 5.48 Å². The molecule has 0 aromatic heterocycles. The molecule has 7 heteroatoms. The first-order valence-corrected chi connectivity index (χ1v) is 10.7. The van der Waals surface area contributed by atoms with E-state index >= 15 is 0 Å². The normalized spacial score (nSPS) is 51.7. The Kier molecular flexibility index (Phi) is 4.74. The lowest BCUT2D eigenvalue weighted by Gasteiger charge is -2.53. The number of nitrogens with zero attached hydrogens (tertiary/aromatic N) is 2. The molecule has 2 aliphatic carbocycles. The van der Waals surface area contributed by atoms with E-state index in [9.17, 15) is 4.39 Å². The fraction of sp³-hybridized carbons (Fsp3) is 1.00. The zero-order valence-electron chi connectivity index (χ0n) is 16.0. The highest BCUT2D eigenvalue weighted by Gasteiger charge is 2.45. The second-order valence-corrected chi connectivity index (χ2v) is 9.64. The third kappa shape index (κ3) is 3.42. The molecular formula is C19H35FN5O+. The van der Waals surface area contributed by atoms with Crippen molar-refractivity contribution in [2.75, 3.05) is 46.3 Å². The highest BCUT2D eigenvalue weighted by molar-refractivity contribution is 4.91. The van der Waals surface area contributed by atoms with E-state index in [-0.39, 0.29) is 18.3 Å². The Hall–Kier alpha value is -0.310. The van der Waals surface area contributed by atoms with E-state index in [1.807, 2.05) is 0 Å². The molecule has 148 valence electrons. The van der Waals surface area contributed by atoms with Crippen molar-refractivity contribution in [3.8, 4) is 0 Å². The third-order valence-corrected chi connectivity index (χ3v) is 7.79. The fourth-order valence-electron chi connectivity index (χ4n) is 5.47. The number of likely N-dealkylation sites (N-methyl/N-ethyl adjacent to an activating group) is 1. The molecule has 3 N–H and O–H groups in total. The van der Waals surface area contributed by atoms with Gasteiger partial charge in [0.05, 0.1) is 32.8 Å². The van der Waals surface area contributed by atoms with E-state index in [4.69, 9.17) is 4.84 Å². The van der Waals surface area contributed by atoms with Crippen LogP contribution in [0.5, 0.6) is 0 Å². The summed E-state index contributed by atoms with van der Waals surface area (Å²) in [5.41, 5.74) is 3.14. The van der Waals surface area contributed by atoms with E-state index in [0.717, 1.165) is 30.4 Å². The molecule has 6 unspecified atom stereocenters. The molecule has 6 nitrogen and oxygen atoms in total. The van der Waals surface area contributed by atoms with Crippen molar-refractivity contribution in [3.63, 3.8) is 0 Å². The van der Waals surface area contributed by atoms with Crippen molar-refractivity contribution in [1.29, 1.82) is 0 Å². The molecule has 2 saturated carbocycles. The van der Waals surface area contributed by atoms with Crippen LogP contribution in [0, 0.1) is 17.8 Å². The number of hydroxylamine groups is 1. The van der Waals surface area contributed by atoms with Crippen LogP contribution in [0.4, 0.5) is 4.39 Å². The molecule has 4 aliphatic heterocycles. The molecule has 0 spiro atoms. The summed E-state index contributed by atoms with van der Waals surface area (Å²) in [5, 5.41) is 7.28. The lowest BCUT2D eigenvalue weighted by molar-refractivity contribution is -0.950. The van der Waals surface area contributed by atoms with E-state index in [1.54, 1.807) is 0 Å². The number of rotatable bonds is 5. The number of piperazine rings is 3. The summed E-state index contributed by atoms with van der Waals surface area (Å²) in [6, 6.07) is 0. The van der Waals surface area contributed by atoms with Gasteiger partial charge in [0.1, 0.15) is 12.4 Å². The summed E-state index contributed by atoms with van der Waals surface area (Å²) in [4.78, 5) is 8.22. The van der Waals surface area contributed by atoms with Crippen LogP contribution in [0.1, 0.15) is 32.1 Å². The molecule has 6 rings (SSSR count). The molecule has 26 heavy (non-hydrogen) atoms. The van der Waals surface area contributed by atoms with Crippen molar-refractivity contribution in [3.05, 3.63) is 0 Å². The molecule has 4 heterocycles.